The molecule has 0 radical (unpaired) electrons. The molecule has 362 valence electrons. The molecule has 0 aromatic heterocycles. The van der Waals surface area contributed by atoms with Crippen molar-refractivity contribution in [2.75, 3.05) is 29.0 Å². The predicted octanol–water partition coefficient (Wildman–Crippen LogP) is 9.33. The Balaban J connectivity index is 1.70. The van der Waals surface area contributed by atoms with Gasteiger partial charge in [0, 0.05) is 53.0 Å². The van der Waals surface area contributed by atoms with Crippen LogP contribution in [0, 0.1) is 53.4 Å². The molecule has 0 fully saturated rings. The smallest absolute Gasteiger partial charge is 0.319 e. The third kappa shape index (κ3) is 11.0. The van der Waals surface area contributed by atoms with Gasteiger partial charge < -0.3 is 31.0 Å². The van der Waals surface area contributed by atoms with Gasteiger partial charge in [0.15, 0.2) is 0 Å². The number of anilines is 4. The van der Waals surface area contributed by atoms with E-state index in [1.54, 1.807) is 53.7 Å². The minimum atomic E-state index is -5.18. The van der Waals surface area contributed by atoms with Crippen LogP contribution in [-0.2, 0) is 30.4 Å². The molecule has 0 bridgehead atoms. The first-order valence-corrected chi connectivity index (χ1v) is 25.6. The predicted molar refractivity (Wildman–Crippen MR) is 261 cm³/mol. The van der Waals surface area contributed by atoms with E-state index in [-0.39, 0.29) is 62.0 Å². The van der Waals surface area contributed by atoms with Gasteiger partial charge in [0.05, 0.1) is 28.1 Å². The normalized spacial score (nSPS) is 12.5. The van der Waals surface area contributed by atoms with E-state index in [0.717, 1.165) is 18.2 Å². The van der Waals surface area contributed by atoms with Crippen LogP contribution in [0.15, 0.2) is 84.8 Å². The molecule has 0 unspecified atom stereocenters. The maximum Gasteiger partial charge on any atom is 0.319 e. The van der Waals surface area contributed by atoms with Crippen LogP contribution in [-0.4, -0.2) is 64.1 Å². The van der Waals surface area contributed by atoms with Crippen LogP contribution in [0.4, 0.5) is 38.0 Å². The number of carbonyl (C=O) groups excluding carboxylic acids is 2. The summed E-state index contributed by atoms with van der Waals surface area (Å²) in [6.45, 7) is 19.0. The van der Waals surface area contributed by atoms with Crippen molar-refractivity contribution in [2.24, 2.45) is 16.8 Å². The molecule has 0 saturated carbocycles. The van der Waals surface area contributed by atoms with Crippen molar-refractivity contribution in [2.45, 2.75) is 83.9 Å². The maximum atomic E-state index is 13.3. The van der Waals surface area contributed by atoms with Crippen molar-refractivity contribution in [3.63, 3.8) is 0 Å². The lowest BCUT2D eigenvalue weighted by Crippen LogP contribution is -2.32. The van der Waals surface area contributed by atoms with Gasteiger partial charge >= 0.3 is 12.1 Å². The molecular formula is C47H54N6O12S3. The molecule has 4 amide bonds. The lowest BCUT2D eigenvalue weighted by atomic mass is 9.93. The highest BCUT2D eigenvalue weighted by molar-refractivity contribution is 7.86. The number of carbonyl (C=O) groups is 2. The Morgan fingerprint density at radius 1 is 0.603 bits per heavy atom. The summed E-state index contributed by atoms with van der Waals surface area (Å²) < 4.78 is 118. The summed E-state index contributed by atoms with van der Waals surface area (Å²) in [4.78, 5) is 28.4. The first-order valence-electron chi connectivity index (χ1n) is 21.3. The van der Waals surface area contributed by atoms with Gasteiger partial charge in [-0.3, -0.25) is 13.7 Å². The molecule has 21 heteroatoms. The van der Waals surface area contributed by atoms with E-state index in [0.29, 0.717) is 63.5 Å². The van der Waals surface area contributed by atoms with Crippen molar-refractivity contribution in [3.05, 3.63) is 99.4 Å². The van der Waals surface area contributed by atoms with Gasteiger partial charge in [-0.1, -0.05) is 58.0 Å². The molecule has 1 heterocycles. The molecule has 4 aromatic carbocycles. The zero-order valence-electron chi connectivity index (χ0n) is 39.0. The summed E-state index contributed by atoms with van der Waals surface area (Å²) in [5, 5.41) is 13.9. The van der Waals surface area contributed by atoms with Crippen LogP contribution in [0.25, 0.3) is 33.4 Å². The molecule has 2 aliphatic rings. The van der Waals surface area contributed by atoms with Crippen LogP contribution in [0.5, 0.6) is 0 Å². The van der Waals surface area contributed by atoms with E-state index >= 15 is 0 Å². The zero-order chi connectivity index (χ0) is 50.4. The lowest BCUT2D eigenvalue weighted by molar-refractivity contribution is 0.250. The van der Waals surface area contributed by atoms with Crippen LogP contribution in [0.1, 0.15) is 61.1 Å². The Labute approximate surface area is 395 Å². The third-order valence-corrected chi connectivity index (χ3v) is 13.8. The van der Waals surface area contributed by atoms with Gasteiger partial charge in [-0.05, 0) is 105 Å². The Hall–Kier alpha value is -6.36. The number of benzene rings is 5. The van der Waals surface area contributed by atoms with Crippen molar-refractivity contribution in [3.8, 4) is 22.5 Å². The molecular weight excluding hydrogens is 937 g/mol. The molecule has 8 N–H and O–H groups in total. The van der Waals surface area contributed by atoms with Crippen molar-refractivity contribution in [1.82, 2.24) is 10.6 Å². The number of aryl methyl sites for hydroxylation is 4. The van der Waals surface area contributed by atoms with E-state index in [1.807, 2.05) is 27.7 Å². The quantitative estimate of drug-likeness (QED) is 0.0396. The fourth-order valence-electron chi connectivity index (χ4n) is 8.00. The van der Waals surface area contributed by atoms with Gasteiger partial charge in [0.1, 0.15) is 26.0 Å². The third-order valence-electron chi connectivity index (χ3n) is 11.1. The second-order valence-electron chi connectivity index (χ2n) is 17.5. The molecule has 1 aliphatic heterocycles. The average molecular weight is 991 g/mol. The molecule has 0 saturated heterocycles. The fraction of sp³-hybridized carbons (Fsp3) is 0.298. The highest BCUT2D eigenvalue weighted by atomic mass is 32.2. The van der Waals surface area contributed by atoms with E-state index in [1.165, 1.54) is 30.3 Å². The monoisotopic (exact) mass is 990 g/mol. The SMILES string of the molecule is Cc1cc(C)c(NC(=O)NCC(C)C)c(C)c1/N=c1/cc2oc3cc(Nc4c(C)cc(C)c(NC(=O)NCC(C)C)c4C)c(S(=O)(=O)O)cc3c(-c3ccccc3S(=O)(=O)O)c-2cc1S(=O)(=O)O. The summed E-state index contributed by atoms with van der Waals surface area (Å²) in [5.74, 6) is 0.195. The number of nitrogens with one attached hydrogen (secondary N) is 5. The Morgan fingerprint density at radius 3 is 1.66 bits per heavy atom. The Kier molecular flexibility index (Phi) is 14.5. The van der Waals surface area contributed by atoms with Crippen molar-refractivity contribution >= 4 is 81.8 Å². The summed E-state index contributed by atoms with van der Waals surface area (Å²) in [6.07, 6.45) is 0. The first-order chi connectivity index (χ1) is 31.6. The Bertz CT molecular complexity index is 3420. The topological polar surface area (TPSA) is 283 Å². The standard InChI is InChI=1S/C47H54N6O12S3/c1-23(2)21-48-46(54)52-44-27(7)15-25(5)42(29(44)9)50-34-19-36-32(17-39(34)67(59,60)61)41(31-13-11-12-14-38(31)66(56,57)58)33-18-40(68(62,63)64)35(20-37(33)65-36)51-43-26(6)16-28(8)45(30(43)10)53-47(55)49-22-24(3)4/h11-20,23-24,50H,21-22H2,1-10H3,(H2,48,52,54)(H2,49,53,55)(H,56,57,58)(H,59,60,61)(H,62,63,64)/b51-35-. The minimum absolute atomic E-state index is 0.131. The number of urea groups is 2. The molecule has 1 aliphatic carbocycles. The average Bonchev–Trinajstić information content (AvgIpc) is 3.22. The van der Waals surface area contributed by atoms with E-state index in [4.69, 9.17) is 9.41 Å². The summed E-state index contributed by atoms with van der Waals surface area (Å²) in [5.41, 5.74) is 3.99. The molecule has 0 spiro atoms. The fourth-order valence-corrected chi connectivity index (χ4v) is 9.99. The van der Waals surface area contributed by atoms with Gasteiger partial charge in [0.2, 0.25) is 0 Å². The molecule has 6 rings (SSSR count). The maximum absolute atomic E-state index is 13.3. The van der Waals surface area contributed by atoms with Crippen LogP contribution in [0.3, 0.4) is 0 Å². The van der Waals surface area contributed by atoms with Crippen molar-refractivity contribution < 1.29 is 52.9 Å². The van der Waals surface area contributed by atoms with E-state index < -0.39 is 57.1 Å². The first kappa shape index (κ1) is 51.0. The lowest BCUT2D eigenvalue weighted by Gasteiger charge is -2.22. The van der Waals surface area contributed by atoms with Crippen LogP contribution in [0.2, 0.25) is 0 Å². The van der Waals surface area contributed by atoms with Gasteiger partial charge in [-0.25, -0.2) is 14.6 Å². The molecule has 4 aromatic rings. The van der Waals surface area contributed by atoms with Crippen molar-refractivity contribution in [1.29, 1.82) is 0 Å². The molecule has 18 nitrogen and oxygen atoms in total. The van der Waals surface area contributed by atoms with Gasteiger partial charge in [-0.2, -0.15) is 25.3 Å². The molecule has 68 heavy (non-hydrogen) atoms. The second kappa shape index (κ2) is 19.3. The highest BCUT2D eigenvalue weighted by Gasteiger charge is 2.29. The summed E-state index contributed by atoms with van der Waals surface area (Å²) in [7, 11) is -15.4. The van der Waals surface area contributed by atoms with Crippen LogP contribution < -0.4 is 31.9 Å². The van der Waals surface area contributed by atoms with E-state index in [9.17, 15) is 48.5 Å². The number of fused-ring (bicyclic) bond motifs is 2. The minimum Gasteiger partial charge on any atom is -0.456 e. The number of hydrogen-bond donors (Lipinski definition) is 8. The van der Waals surface area contributed by atoms with Gasteiger partial charge in [-0.15, -0.1) is 0 Å². The molecule has 0 atom stereocenters. The summed E-state index contributed by atoms with van der Waals surface area (Å²) in [6, 6.07) is 12.1. The van der Waals surface area contributed by atoms with E-state index in [2.05, 4.69) is 26.6 Å². The summed E-state index contributed by atoms with van der Waals surface area (Å²) >= 11 is 0. The Morgan fingerprint density at radius 2 is 1.12 bits per heavy atom. The van der Waals surface area contributed by atoms with Gasteiger partial charge in [0.25, 0.3) is 30.4 Å². The number of nitrogens with zero attached hydrogens (tertiary/aromatic N) is 1. The largest absolute Gasteiger partial charge is 0.456 e. The highest BCUT2D eigenvalue weighted by Crippen LogP contribution is 2.46. The number of amides is 4. The van der Waals surface area contributed by atoms with Crippen LogP contribution >= 0.6 is 0 Å². The number of hydrogen-bond acceptors (Lipinski definition) is 11. The zero-order valence-corrected chi connectivity index (χ0v) is 41.5. The number of rotatable bonds is 13. The second-order valence-corrected chi connectivity index (χ2v) is 21.7.